The maximum Gasteiger partial charge on any atom is 0.410 e. The maximum absolute atomic E-state index is 12.4. The van der Waals surface area contributed by atoms with Gasteiger partial charge in [-0.15, -0.1) is 0 Å². The molecule has 0 unspecified atom stereocenters. The van der Waals surface area contributed by atoms with Crippen LogP contribution in [0.4, 0.5) is 4.79 Å². The molecule has 5 nitrogen and oxygen atoms in total. The van der Waals surface area contributed by atoms with E-state index in [2.05, 4.69) is 40.7 Å². The number of fused-ring (bicyclic) bond motifs is 1. The van der Waals surface area contributed by atoms with Gasteiger partial charge < -0.3 is 9.64 Å². The number of pyridine rings is 1. The Morgan fingerprint density at radius 2 is 1.97 bits per heavy atom. The zero-order valence-corrected chi connectivity index (χ0v) is 18.5. The standard InChI is InChI=1S/C24H26ClN3O2/c1-16-7-5-6-8-20(16)28-21(15-18-19(25)9-12-26-22(18)28)17-10-13-27(14-11-17)23(29)30-24(2,3)4/h5-10,12,15H,11,13-14H2,1-4H3. The first-order valence-electron chi connectivity index (χ1n) is 10.1. The Hall–Kier alpha value is -2.79. The predicted octanol–water partition coefficient (Wildman–Crippen LogP) is 6.01. The summed E-state index contributed by atoms with van der Waals surface area (Å²) in [4.78, 5) is 18.8. The number of hydrogen-bond acceptors (Lipinski definition) is 3. The van der Waals surface area contributed by atoms with Crippen LogP contribution in [0, 0.1) is 6.92 Å². The van der Waals surface area contributed by atoms with Gasteiger partial charge in [-0.05, 0) is 63.5 Å². The summed E-state index contributed by atoms with van der Waals surface area (Å²) in [7, 11) is 0. The van der Waals surface area contributed by atoms with E-state index in [1.807, 2.05) is 39.0 Å². The van der Waals surface area contributed by atoms with Gasteiger partial charge in [0.2, 0.25) is 0 Å². The Morgan fingerprint density at radius 1 is 1.20 bits per heavy atom. The molecule has 1 aliphatic rings. The second-order valence-electron chi connectivity index (χ2n) is 8.59. The maximum atomic E-state index is 12.4. The third-order valence-electron chi connectivity index (χ3n) is 5.20. The van der Waals surface area contributed by atoms with E-state index in [4.69, 9.17) is 16.3 Å². The molecule has 0 atom stereocenters. The summed E-state index contributed by atoms with van der Waals surface area (Å²) >= 11 is 6.49. The summed E-state index contributed by atoms with van der Waals surface area (Å²) in [5.41, 5.74) is 4.80. The van der Waals surface area contributed by atoms with Crippen LogP contribution in [0.15, 0.2) is 48.7 Å². The molecule has 0 bridgehead atoms. The first kappa shape index (κ1) is 20.5. The topological polar surface area (TPSA) is 47.4 Å². The van der Waals surface area contributed by atoms with Gasteiger partial charge >= 0.3 is 6.09 Å². The van der Waals surface area contributed by atoms with E-state index < -0.39 is 5.60 Å². The number of aromatic nitrogens is 2. The number of carbonyl (C=O) groups is 1. The van der Waals surface area contributed by atoms with Crippen LogP contribution in [-0.4, -0.2) is 39.2 Å². The smallest absolute Gasteiger partial charge is 0.410 e. The molecule has 0 N–H and O–H groups in total. The van der Waals surface area contributed by atoms with Crippen molar-refractivity contribution < 1.29 is 9.53 Å². The van der Waals surface area contributed by atoms with Crippen molar-refractivity contribution in [3.63, 3.8) is 0 Å². The average Bonchev–Trinajstić information content (AvgIpc) is 3.08. The number of carbonyl (C=O) groups excluding carboxylic acids is 1. The van der Waals surface area contributed by atoms with Crippen LogP contribution in [0.25, 0.3) is 22.3 Å². The summed E-state index contributed by atoms with van der Waals surface area (Å²) in [6.07, 6.45) is 4.30. The molecule has 0 saturated heterocycles. The number of nitrogens with zero attached hydrogens (tertiary/aromatic N) is 3. The Kier molecular flexibility index (Phi) is 5.33. The lowest BCUT2D eigenvalue weighted by molar-refractivity contribution is 0.0270. The highest BCUT2D eigenvalue weighted by molar-refractivity contribution is 6.35. The minimum atomic E-state index is -0.499. The van der Waals surface area contributed by atoms with Crippen molar-refractivity contribution in [2.45, 2.75) is 39.7 Å². The van der Waals surface area contributed by atoms with Crippen LogP contribution in [0.5, 0.6) is 0 Å². The number of hydrogen-bond donors (Lipinski definition) is 0. The fourth-order valence-electron chi connectivity index (χ4n) is 3.76. The van der Waals surface area contributed by atoms with E-state index in [1.165, 1.54) is 5.57 Å². The Bertz CT molecular complexity index is 1140. The van der Waals surface area contributed by atoms with Crippen LogP contribution in [0.1, 0.15) is 38.4 Å². The first-order chi connectivity index (χ1) is 14.2. The van der Waals surface area contributed by atoms with Gasteiger partial charge in [0, 0.05) is 24.7 Å². The highest BCUT2D eigenvalue weighted by Gasteiger charge is 2.26. The van der Waals surface area contributed by atoms with Crippen molar-refractivity contribution >= 4 is 34.3 Å². The van der Waals surface area contributed by atoms with Gasteiger partial charge in [0.05, 0.1) is 16.4 Å². The lowest BCUT2D eigenvalue weighted by Crippen LogP contribution is -2.39. The molecule has 2 aromatic heterocycles. The van der Waals surface area contributed by atoms with E-state index in [1.54, 1.807) is 11.1 Å². The van der Waals surface area contributed by atoms with Crippen LogP contribution < -0.4 is 0 Å². The van der Waals surface area contributed by atoms with Gasteiger partial charge in [0.15, 0.2) is 0 Å². The molecule has 1 aromatic carbocycles. The van der Waals surface area contributed by atoms with E-state index in [0.29, 0.717) is 18.1 Å². The normalized spacial score (nSPS) is 14.7. The van der Waals surface area contributed by atoms with Gasteiger partial charge in [-0.3, -0.25) is 4.57 Å². The number of aryl methyl sites for hydroxylation is 1. The highest BCUT2D eigenvalue weighted by Crippen LogP contribution is 2.34. The lowest BCUT2D eigenvalue weighted by atomic mass is 10.0. The van der Waals surface area contributed by atoms with Crippen molar-refractivity contribution in [1.29, 1.82) is 0 Å². The highest BCUT2D eigenvalue weighted by atomic mass is 35.5. The largest absolute Gasteiger partial charge is 0.444 e. The van der Waals surface area contributed by atoms with E-state index in [0.717, 1.165) is 34.4 Å². The molecule has 30 heavy (non-hydrogen) atoms. The van der Waals surface area contributed by atoms with Crippen molar-refractivity contribution in [2.24, 2.45) is 0 Å². The summed E-state index contributed by atoms with van der Waals surface area (Å²) < 4.78 is 7.69. The molecule has 3 heterocycles. The molecule has 4 rings (SSSR count). The second-order valence-corrected chi connectivity index (χ2v) is 8.99. The number of amides is 1. The van der Waals surface area contributed by atoms with E-state index in [9.17, 15) is 4.79 Å². The summed E-state index contributed by atoms with van der Waals surface area (Å²) in [6.45, 7) is 8.86. The van der Waals surface area contributed by atoms with Gasteiger partial charge in [-0.2, -0.15) is 0 Å². The quantitative estimate of drug-likeness (QED) is 0.507. The van der Waals surface area contributed by atoms with Crippen LogP contribution in [0.2, 0.25) is 5.02 Å². The first-order valence-corrected chi connectivity index (χ1v) is 10.5. The second kappa shape index (κ2) is 7.80. The molecule has 0 aliphatic carbocycles. The summed E-state index contributed by atoms with van der Waals surface area (Å²) in [5.74, 6) is 0. The molecular weight excluding hydrogens is 398 g/mol. The number of rotatable bonds is 2. The average molecular weight is 424 g/mol. The van der Waals surface area contributed by atoms with E-state index >= 15 is 0 Å². The third kappa shape index (κ3) is 3.94. The third-order valence-corrected chi connectivity index (χ3v) is 5.53. The van der Waals surface area contributed by atoms with Crippen molar-refractivity contribution in [3.8, 4) is 5.69 Å². The van der Waals surface area contributed by atoms with Crippen LogP contribution in [-0.2, 0) is 4.74 Å². The van der Waals surface area contributed by atoms with Gasteiger partial charge in [0.1, 0.15) is 11.2 Å². The molecule has 1 amide bonds. The number of para-hydroxylation sites is 1. The number of benzene rings is 1. The fraction of sp³-hybridized carbons (Fsp3) is 0.333. The van der Waals surface area contributed by atoms with Crippen molar-refractivity contribution in [1.82, 2.24) is 14.5 Å². The molecular formula is C24H26ClN3O2. The molecule has 1 aliphatic heterocycles. The Labute approximate surface area is 181 Å². The van der Waals surface area contributed by atoms with Gasteiger partial charge in [-0.1, -0.05) is 35.9 Å². The zero-order chi connectivity index (χ0) is 21.5. The predicted molar refractivity (Wildman–Crippen MR) is 121 cm³/mol. The molecule has 156 valence electrons. The molecule has 6 heteroatoms. The summed E-state index contributed by atoms with van der Waals surface area (Å²) in [5, 5.41) is 1.60. The van der Waals surface area contributed by atoms with E-state index in [-0.39, 0.29) is 6.09 Å². The monoisotopic (exact) mass is 423 g/mol. The van der Waals surface area contributed by atoms with Crippen LogP contribution in [0.3, 0.4) is 0 Å². The zero-order valence-electron chi connectivity index (χ0n) is 17.8. The van der Waals surface area contributed by atoms with Gasteiger partial charge in [0.25, 0.3) is 0 Å². The Balaban J connectivity index is 1.75. The van der Waals surface area contributed by atoms with Crippen molar-refractivity contribution in [3.05, 3.63) is 65.0 Å². The number of halogens is 1. The molecule has 0 radical (unpaired) electrons. The van der Waals surface area contributed by atoms with Crippen LogP contribution >= 0.6 is 11.6 Å². The van der Waals surface area contributed by atoms with Gasteiger partial charge in [-0.25, -0.2) is 9.78 Å². The molecule has 0 saturated carbocycles. The Morgan fingerprint density at radius 3 is 2.63 bits per heavy atom. The molecule has 0 fully saturated rings. The minimum Gasteiger partial charge on any atom is -0.444 e. The SMILES string of the molecule is Cc1ccccc1-n1c(C2=CCN(C(=O)OC(C)(C)C)CC2)cc2c(Cl)ccnc21. The fourth-order valence-corrected chi connectivity index (χ4v) is 3.95. The number of ether oxygens (including phenoxy) is 1. The van der Waals surface area contributed by atoms with Crippen molar-refractivity contribution in [2.75, 3.05) is 13.1 Å². The lowest BCUT2D eigenvalue weighted by Gasteiger charge is -2.30. The minimum absolute atomic E-state index is 0.276. The summed E-state index contributed by atoms with van der Waals surface area (Å²) in [6, 6.07) is 12.2. The molecule has 0 spiro atoms. The molecule has 3 aromatic rings.